The van der Waals surface area contributed by atoms with Crippen LogP contribution in [-0.4, -0.2) is 23.1 Å². The van der Waals surface area contributed by atoms with Gasteiger partial charge in [0.05, 0.1) is 5.39 Å². The molecule has 0 unspecified atom stereocenters. The Kier molecular flexibility index (Phi) is 3.48. The van der Waals surface area contributed by atoms with Crippen molar-refractivity contribution < 1.29 is 13.9 Å². The first-order chi connectivity index (χ1) is 10.3. The number of rotatable bonds is 1. The zero-order valence-electron chi connectivity index (χ0n) is 12.8. The van der Waals surface area contributed by atoms with Crippen molar-refractivity contribution in [2.24, 2.45) is 0 Å². The van der Waals surface area contributed by atoms with Crippen molar-refractivity contribution >= 4 is 28.1 Å². The maximum atomic E-state index is 14.4. The second kappa shape index (κ2) is 4.98. The van der Waals surface area contributed by atoms with Crippen molar-refractivity contribution in [2.45, 2.75) is 32.2 Å². The Morgan fingerprint density at radius 3 is 2.36 bits per heavy atom. The first kappa shape index (κ1) is 15.3. The van der Waals surface area contributed by atoms with Crippen LogP contribution in [0.2, 0.25) is 0 Å². The maximum Gasteiger partial charge on any atom is 0.134 e. The van der Waals surface area contributed by atoms with E-state index in [1.807, 2.05) is 20.8 Å². The molecular weight excluding hydrogens is 308 g/mol. The molecular formula is C17H18ClF2NO. The predicted molar refractivity (Wildman–Crippen MR) is 86.1 cm³/mol. The third-order valence-corrected chi connectivity index (χ3v) is 4.65. The molecule has 1 N–H and O–H groups in total. The first-order valence-corrected chi connectivity index (χ1v) is 7.76. The van der Waals surface area contributed by atoms with Crippen molar-refractivity contribution in [3.05, 3.63) is 35.4 Å². The number of hydrogen-bond acceptors (Lipinski definition) is 2. The lowest BCUT2D eigenvalue weighted by Gasteiger charge is -2.35. The molecule has 22 heavy (non-hydrogen) atoms. The van der Waals surface area contributed by atoms with Gasteiger partial charge in [0, 0.05) is 41.0 Å². The van der Waals surface area contributed by atoms with Crippen LogP contribution in [0.1, 0.15) is 32.3 Å². The molecule has 5 heteroatoms. The normalized spacial score (nSPS) is 18.1. The lowest BCUT2D eigenvalue weighted by Crippen LogP contribution is -2.40. The molecule has 2 aromatic carbocycles. The van der Waals surface area contributed by atoms with Crippen LogP contribution < -0.4 is 4.90 Å². The molecule has 0 fully saturated rings. The summed E-state index contributed by atoms with van der Waals surface area (Å²) in [6.07, 6.45) is 0. The summed E-state index contributed by atoms with van der Waals surface area (Å²) in [6, 6.07) is 3.66. The van der Waals surface area contributed by atoms with Gasteiger partial charge in [0.15, 0.2) is 0 Å². The lowest BCUT2D eigenvalue weighted by molar-refractivity contribution is 0.476. The number of phenolic OH excluding ortho intramolecular Hbond substituents is 1. The summed E-state index contributed by atoms with van der Waals surface area (Å²) in [5.41, 5.74) is 1.21. The van der Waals surface area contributed by atoms with Gasteiger partial charge < -0.3 is 10.0 Å². The predicted octanol–water partition coefficient (Wildman–Crippen LogP) is 4.76. The molecule has 1 aliphatic heterocycles. The summed E-state index contributed by atoms with van der Waals surface area (Å²) in [5, 5.41) is 10.3. The van der Waals surface area contributed by atoms with Gasteiger partial charge in [-0.15, -0.1) is 11.6 Å². The second-order valence-electron chi connectivity index (χ2n) is 6.74. The summed E-state index contributed by atoms with van der Waals surface area (Å²) < 4.78 is 28.5. The van der Waals surface area contributed by atoms with Crippen LogP contribution in [0.4, 0.5) is 14.5 Å². The number of fused-ring (bicyclic) bond motifs is 3. The van der Waals surface area contributed by atoms with E-state index in [-0.39, 0.29) is 28.0 Å². The highest BCUT2D eigenvalue weighted by Crippen LogP contribution is 2.48. The SMILES string of the molecule is CC(C)(C)N1C[C@@H](CCl)c2c1cc(O)c1c(F)ccc(F)c21. The number of halogens is 3. The van der Waals surface area contributed by atoms with Gasteiger partial charge >= 0.3 is 0 Å². The Labute approximate surface area is 133 Å². The van der Waals surface area contributed by atoms with Crippen LogP contribution in [0.3, 0.4) is 0 Å². The van der Waals surface area contributed by atoms with Crippen LogP contribution in [0, 0.1) is 11.6 Å². The second-order valence-corrected chi connectivity index (χ2v) is 7.05. The number of benzene rings is 2. The lowest BCUT2D eigenvalue weighted by atomic mass is 9.94. The molecule has 0 aliphatic carbocycles. The Bertz CT molecular complexity index is 755. The molecule has 0 radical (unpaired) electrons. The van der Waals surface area contributed by atoms with Crippen molar-refractivity contribution in [1.29, 1.82) is 0 Å². The average Bonchev–Trinajstić information content (AvgIpc) is 2.80. The van der Waals surface area contributed by atoms with Crippen molar-refractivity contribution in [3.63, 3.8) is 0 Å². The van der Waals surface area contributed by atoms with Gasteiger partial charge in [0.25, 0.3) is 0 Å². The van der Waals surface area contributed by atoms with Crippen LogP contribution >= 0.6 is 11.6 Å². The smallest absolute Gasteiger partial charge is 0.134 e. The molecule has 1 atom stereocenters. The van der Waals surface area contributed by atoms with Crippen molar-refractivity contribution in [3.8, 4) is 5.75 Å². The van der Waals surface area contributed by atoms with Crippen molar-refractivity contribution in [1.82, 2.24) is 0 Å². The summed E-state index contributed by atoms with van der Waals surface area (Å²) in [5.74, 6) is -1.19. The largest absolute Gasteiger partial charge is 0.507 e. The molecule has 0 bridgehead atoms. The number of alkyl halides is 1. The summed E-state index contributed by atoms with van der Waals surface area (Å²) in [6.45, 7) is 6.74. The van der Waals surface area contributed by atoms with Gasteiger partial charge in [0.2, 0.25) is 0 Å². The zero-order chi connectivity index (χ0) is 16.2. The van der Waals surface area contributed by atoms with E-state index < -0.39 is 11.6 Å². The van der Waals surface area contributed by atoms with Crippen LogP contribution in [0.15, 0.2) is 18.2 Å². The van der Waals surface area contributed by atoms with E-state index in [0.717, 1.165) is 17.8 Å². The van der Waals surface area contributed by atoms with E-state index in [4.69, 9.17) is 11.6 Å². The maximum absolute atomic E-state index is 14.4. The van der Waals surface area contributed by atoms with E-state index in [2.05, 4.69) is 4.90 Å². The van der Waals surface area contributed by atoms with Gasteiger partial charge in [-0.2, -0.15) is 0 Å². The molecule has 1 heterocycles. The minimum absolute atomic E-state index is 0.0652. The molecule has 0 amide bonds. The van der Waals surface area contributed by atoms with E-state index in [0.29, 0.717) is 18.0 Å². The standard InChI is InChI=1S/C17H18ClF2NO/c1-17(2,3)21-8-9(7-18)14-12(21)6-13(22)15-10(19)4-5-11(20)16(14)15/h4-6,9,22H,7-8H2,1-3H3/t9-/m1/s1. The number of anilines is 1. The fraction of sp³-hybridized carbons (Fsp3) is 0.412. The molecule has 1 aliphatic rings. The minimum atomic E-state index is -0.626. The van der Waals surface area contributed by atoms with Gasteiger partial charge in [-0.3, -0.25) is 0 Å². The number of hydrogen-bond donors (Lipinski definition) is 1. The zero-order valence-corrected chi connectivity index (χ0v) is 13.5. The number of aromatic hydroxyl groups is 1. The van der Waals surface area contributed by atoms with Crippen molar-refractivity contribution in [2.75, 3.05) is 17.3 Å². The summed E-state index contributed by atoms with van der Waals surface area (Å²) in [7, 11) is 0. The van der Waals surface area contributed by atoms with E-state index in [1.54, 1.807) is 0 Å². The van der Waals surface area contributed by atoms with Crippen LogP contribution in [0.5, 0.6) is 5.75 Å². The third kappa shape index (κ3) is 2.12. The Hall–Kier alpha value is -1.55. The first-order valence-electron chi connectivity index (χ1n) is 7.23. The summed E-state index contributed by atoms with van der Waals surface area (Å²) >= 11 is 6.08. The monoisotopic (exact) mass is 325 g/mol. The molecule has 2 aromatic rings. The van der Waals surface area contributed by atoms with Crippen LogP contribution in [-0.2, 0) is 0 Å². The molecule has 118 valence electrons. The molecule has 0 saturated carbocycles. The molecule has 0 saturated heterocycles. The average molecular weight is 326 g/mol. The summed E-state index contributed by atoms with van der Waals surface area (Å²) in [4.78, 5) is 2.08. The van der Waals surface area contributed by atoms with Gasteiger partial charge in [-0.25, -0.2) is 8.78 Å². The fourth-order valence-electron chi connectivity index (χ4n) is 3.28. The Balaban J connectivity index is 2.42. The Morgan fingerprint density at radius 2 is 1.82 bits per heavy atom. The topological polar surface area (TPSA) is 23.5 Å². The quantitative estimate of drug-likeness (QED) is 0.764. The fourth-order valence-corrected chi connectivity index (χ4v) is 3.53. The highest BCUT2D eigenvalue weighted by Gasteiger charge is 2.37. The van der Waals surface area contributed by atoms with E-state index in [9.17, 15) is 13.9 Å². The van der Waals surface area contributed by atoms with E-state index in [1.165, 1.54) is 6.07 Å². The highest BCUT2D eigenvalue weighted by atomic mass is 35.5. The molecule has 0 spiro atoms. The van der Waals surface area contributed by atoms with Crippen LogP contribution in [0.25, 0.3) is 10.8 Å². The van der Waals surface area contributed by atoms with Gasteiger partial charge in [-0.05, 0) is 38.5 Å². The van der Waals surface area contributed by atoms with E-state index >= 15 is 0 Å². The highest BCUT2D eigenvalue weighted by molar-refractivity contribution is 6.18. The number of nitrogens with zero attached hydrogens (tertiary/aromatic N) is 1. The third-order valence-electron chi connectivity index (χ3n) is 4.28. The van der Waals surface area contributed by atoms with Gasteiger partial charge in [-0.1, -0.05) is 0 Å². The Morgan fingerprint density at radius 1 is 1.23 bits per heavy atom. The molecule has 3 rings (SSSR count). The minimum Gasteiger partial charge on any atom is -0.507 e. The molecule has 0 aromatic heterocycles. The molecule has 2 nitrogen and oxygen atoms in total. The number of phenols is 1. The van der Waals surface area contributed by atoms with Gasteiger partial charge in [0.1, 0.15) is 17.4 Å².